The Morgan fingerprint density at radius 3 is 2.17 bits per heavy atom. The summed E-state index contributed by atoms with van der Waals surface area (Å²) < 4.78 is 45.3. The van der Waals surface area contributed by atoms with E-state index in [1.165, 1.54) is 26.7 Å². The first-order valence-corrected chi connectivity index (χ1v) is 14.4. The van der Waals surface area contributed by atoms with Gasteiger partial charge < -0.3 is 29.3 Å². The maximum Gasteiger partial charge on any atom is 0.227 e. The Labute approximate surface area is 246 Å². The summed E-state index contributed by atoms with van der Waals surface area (Å²) in [7, 11) is 6.55. The maximum absolute atomic E-state index is 14.7. The van der Waals surface area contributed by atoms with Crippen molar-refractivity contribution in [2.45, 2.75) is 31.7 Å². The van der Waals surface area contributed by atoms with Crippen LogP contribution in [-0.2, 0) is 12.8 Å². The minimum absolute atomic E-state index is 0.0596. The molecule has 3 aromatic rings. The molecule has 1 N–H and O–H groups in total. The number of piperazine rings is 1. The summed E-state index contributed by atoms with van der Waals surface area (Å²) in [5.41, 5.74) is 2.55. The molecule has 2 saturated heterocycles. The van der Waals surface area contributed by atoms with Crippen LogP contribution in [0.1, 0.15) is 24.0 Å². The van der Waals surface area contributed by atoms with E-state index in [0.717, 1.165) is 68.4 Å². The third kappa shape index (κ3) is 6.68. The molecule has 3 heterocycles. The highest BCUT2D eigenvalue weighted by molar-refractivity contribution is 5.67. The van der Waals surface area contributed by atoms with Crippen molar-refractivity contribution in [1.29, 1.82) is 0 Å². The Morgan fingerprint density at radius 1 is 0.857 bits per heavy atom. The molecule has 2 fully saturated rings. The molecule has 11 heteroatoms. The first kappa shape index (κ1) is 29.8. The quantitative estimate of drug-likeness (QED) is 0.371. The monoisotopic (exact) mass is 582 g/mol. The third-order valence-electron chi connectivity index (χ3n) is 8.26. The van der Waals surface area contributed by atoms with Gasteiger partial charge >= 0.3 is 0 Å². The SMILES string of the molecule is COc1cc(Nc2ncc(CCc3c(F)c(OC)cc(OC)c3F)cn2)ccc1N1CCCC(N2CCN(C)CC2)C1. The van der Waals surface area contributed by atoms with Gasteiger partial charge in [-0.25, -0.2) is 18.7 Å². The van der Waals surface area contributed by atoms with Crippen LogP contribution in [0.3, 0.4) is 0 Å². The predicted molar refractivity (Wildman–Crippen MR) is 159 cm³/mol. The van der Waals surface area contributed by atoms with Crippen LogP contribution >= 0.6 is 0 Å². The summed E-state index contributed by atoms with van der Waals surface area (Å²) in [6, 6.07) is 7.83. The third-order valence-corrected chi connectivity index (χ3v) is 8.26. The summed E-state index contributed by atoms with van der Waals surface area (Å²) in [5.74, 6) is -0.361. The topological polar surface area (TPSA) is 75.2 Å². The number of hydrogen-bond acceptors (Lipinski definition) is 9. The molecular formula is C31H40F2N6O3. The number of piperidine rings is 1. The van der Waals surface area contributed by atoms with E-state index < -0.39 is 11.6 Å². The molecule has 0 spiro atoms. The number of benzene rings is 2. The van der Waals surface area contributed by atoms with Crippen molar-refractivity contribution in [2.24, 2.45) is 0 Å². The number of rotatable bonds is 10. The molecule has 0 radical (unpaired) electrons. The minimum Gasteiger partial charge on any atom is -0.495 e. The number of anilines is 3. The van der Waals surface area contributed by atoms with E-state index in [0.29, 0.717) is 18.4 Å². The lowest BCUT2D eigenvalue weighted by Gasteiger charge is -2.43. The average Bonchev–Trinajstić information content (AvgIpc) is 3.02. The van der Waals surface area contributed by atoms with Crippen LogP contribution in [0, 0.1) is 11.6 Å². The van der Waals surface area contributed by atoms with Crippen molar-refractivity contribution in [3.63, 3.8) is 0 Å². The molecule has 5 rings (SSSR count). The second-order valence-electron chi connectivity index (χ2n) is 10.9. The van der Waals surface area contributed by atoms with Crippen LogP contribution in [0.2, 0.25) is 0 Å². The van der Waals surface area contributed by atoms with Crippen LogP contribution in [0.5, 0.6) is 17.2 Å². The predicted octanol–water partition coefficient (Wildman–Crippen LogP) is 4.53. The van der Waals surface area contributed by atoms with E-state index in [4.69, 9.17) is 14.2 Å². The summed E-state index contributed by atoms with van der Waals surface area (Å²) in [4.78, 5) is 16.3. The van der Waals surface area contributed by atoms with Crippen molar-refractivity contribution in [3.05, 3.63) is 59.4 Å². The number of halogens is 2. The molecule has 226 valence electrons. The van der Waals surface area contributed by atoms with Gasteiger partial charge in [0, 0.05) is 81.1 Å². The molecule has 0 aliphatic carbocycles. The lowest BCUT2D eigenvalue weighted by molar-refractivity contribution is 0.102. The van der Waals surface area contributed by atoms with Crippen LogP contribution in [0.15, 0.2) is 36.7 Å². The highest BCUT2D eigenvalue weighted by Crippen LogP contribution is 2.35. The van der Waals surface area contributed by atoms with Gasteiger partial charge in [0.25, 0.3) is 0 Å². The van der Waals surface area contributed by atoms with E-state index in [9.17, 15) is 8.78 Å². The van der Waals surface area contributed by atoms with Crippen molar-refractivity contribution in [3.8, 4) is 17.2 Å². The Balaban J connectivity index is 1.22. The Morgan fingerprint density at radius 2 is 1.52 bits per heavy atom. The normalized spacial score (nSPS) is 18.1. The van der Waals surface area contributed by atoms with Gasteiger partial charge in [-0.2, -0.15) is 0 Å². The average molecular weight is 583 g/mol. The van der Waals surface area contributed by atoms with Gasteiger partial charge in [-0.3, -0.25) is 4.90 Å². The smallest absolute Gasteiger partial charge is 0.227 e. The second-order valence-corrected chi connectivity index (χ2v) is 10.9. The highest BCUT2D eigenvalue weighted by atomic mass is 19.1. The zero-order valence-corrected chi connectivity index (χ0v) is 24.8. The molecule has 9 nitrogen and oxygen atoms in total. The van der Waals surface area contributed by atoms with E-state index in [2.05, 4.69) is 43.1 Å². The molecular weight excluding hydrogens is 542 g/mol. The molecule has 2 aromatic carbocycles. The second kappa shape index (κ2) is 13.5. The lowest BCUT2D eigenvalue weighted by atomic mass is 10.0. The van der Waals surface area contributed by atoms with Crippen LogP contribution < -0.4 is 24.4 Å². The number of aryl methyl sites for hydroxylation is 1. The van der Waals surface area contributed by atoms with Crippen molar-refractivity contribution >= 4 is 17.3 Å². The van der Waals surface area contributed by atoms with Gasteiger partial charge in [0.05, 0.1) is 27.0 Å². The first-order valence-electron chi connectivity index (χ1n) is 14.4. The van der Waals surface area contributed by atoms with E-state index in [1.54, 1.807) is 19.5 Å². The fraction of sp³-hybridized carbons (Fsp3) is 0.484. The van der Waals surface area contributed by atoms with Crippen LogP contribution in [0.4, 0.5) is 26.1 Å². The first-order chi connectivity index (χ1) is 20.4. The Hall–Kier alpha value is -3.70. The molecule has 0 saturated carbocycles. The van der Waals surface area contributed by atoms with E-state index in [-0.39, 0.29) is 23.5 Å². The molecule has 1 aromatic heterocycles. The van der Waals surface area contributed by atoms with Crippen molar-refractivity contribution in [1.82, 2.24) is 19.8 Å². The zero-order chi connectivity index (χ0) is 29.6. The fourth-order valence-corrected chi connectivity index (χ4v) is 5.78. The maximum atomic E-state index is 14.7. The number of ether oxygens (including phenoxy) is 3. The standard InChI is InChI=1S/C31H40F2N6O3/c1-37-12-14-38(15-13-37)23-6-5-11-39(20-23)25-10-8-22(16-26(25)40-2)36-31-34-18-21(19-35-31)7-9-24-29(32)27(41-3)17-28(42-4)30(24)33/h8,10,16-19,23H,5-7,9,11-15,20H2,1-4H3,(H,34,35,36). The van der Waals surface area contributed by atoms with Gasteiger partial charge in [-0.05, 0) is 50.4 Å². The summed E-state index contributed by atoms with van der Waals surface area (Å²) >= 11 is 0. The zero-order valence-electron chi connectivity index (χ0n) is 24.8. The van der Waals surface area contributed by atoms with Gasteiger partial charge in [0.1, 0.15) is 5.75 Å². The molecule has 0 bridgehead atoms. The number of likely N-dealkylation sites (N-methyl/N-ethyl adjacent to an activating group) is 1. The lowest BCUT2D eigenvalue weighted by Crippen LogP contribution is -2.54. The summed E-state index contributed by atoms with van der Waals surface area (Å²) in [6.45, 7) is 6.49. The highest BCUT2D eigenvalue weighted by Gasteiger charge is 2.28. The minimum atomic E-state index is -0.730. The van der Waals surface area contributed by atoms with Gasteiger partial charge in [0.2, 0.25) is 5.95 Å². The number of methoxy groups -OCH3 is 3. The van der Waals surface area contributed by atoms with E-state index in [1.807, 2.05) is 12.1 Å². The van der Waals surface area contributed by atoms with Gasteiger partial charge in [-0.15, -0.1) is 0 Å². The Bertz CT molecular complexity index is 1320. The number of aromatic nitrogens is 2. The number of nitrogens with one attached hydrogen (secondary N) is 1. The largest absolute Gasteiger partial charge is 0.495 e. The van der Waals surface area contributed by atoms with Crippen molar-refractivity contribution < 1.29 is 23.0 Å². The molecule has 0 amide bonds. The molecule has 2 aliphatic heterocycles. The summed E-state index contributed by atoms with van der Waals surface area (Å²) in [5, 5.41) is 3.24. The van der Waals surface area contributed by atoms with Gasteiger partial charge in [-0.1, -0.05) is 0 Å². The molecule has 2 aliphatic rings. The molecule has 42 heavy (non-hydrogen) atoms. The number of hydrogen-bond donors (Lipinski definition) is 1. The van der Waals surface area contributed by atoms with Crippen LogP contribution in [0.25, 0.3) is 0 Å². The Kier molecular flexibility index (Phi) is 9.58. The van der Waals surface area contributed by atoms with Gasteiger partial charge in [0.15, 0.2) is 23.1 Å². The molecule has 1 unspecified atom stereocenters. The van der Waals surface area contributed by atoms with Crippen LogP contribution in [-0.4, -0.2) is 93.5 Å². The number of nitrogens with zero attached hydrogens (tertiary/aromatic N) is 5. The molecule has 1 atom stereocenters. The van der Waals surface area contributed by atoms with E-state index >= 15 is 0 Å². The fourth-order valence-electron chi connectivity index (χ4n) is 5.78. The van der Waals surface area contributed by atoms with Crippen molar-refractivity contribution in [2.75, 3.05) is 77.9 Å². The summed E-state index contributed by atoms with van der Waals surface area (Å²) in [6.07, 6.45) is 6.14.